The first-order valence-corrected chi connectivity index (χ1v) is 20.2. The van der Waals surface area contributed by atoms with Gasteiger partial charge in [-0.05, 0) is 44.9 Å². The molecule has 0 bridgehead atoms. The number of hydrogen-bond donors (Lipinski definition) is 1. The standard InChI is InChI=1S/C41H78O4/c1-3-5-7-9-11-13-15-17-18-19-20-21-22-23-24-26-28-30-32-34-36-38-40(42)45-39(41(43)44)37-35-33-31-29-27-25-16-14-12-10-8-6-4-2/h17-18,39H,3-16,19-38H2,1-2H3,(H,43,44)/b18-17-. The number of rotatable bonds is 37. The summed E-state index contributed by atoms with van der Waals surface area (Å²) in [5, 5.41) is 9.48. The van der Waals surface area contributed by atoms with Crippen LogP contribution in [0.2, 0.25) is 0 Å². The zero-order valence-corrected chi connectivity index (χ0v) is 30.4. The van der Waals surface area contributed by atoms with Crippen molar-refractivity contribution < 1.29 is 19.4 Å². The predicted octanol–water partition coefficient (Wildman–Crippen LogP) is 13.8. The fourth-order valence-corrected chi connectivity index (χ4v) is 6.20. The van der Waals surface area contributed by atoms with E-state index in [4.69, 9.17) is 4.74 Å². The van der Waals surface area contributed by atoms with Gasteiger partial charge in [-0.2, -0.15) is 0 Å². The molecule has 4 nitrogen and oxygen atoms in total. The Bertz CT molecular complexity index is 643. The SMILES string of the molecule is CCCCCCCC/C=C\CCCCCCCCCCCCCC(=O)OC(CCCCCCCCCCCCCCC)C(=O)O. The molecular weight excluding hydrogens is 556 g/mol. The summed E-state index contributed by atoms with van der Waals surface area (Å²) >= 11 is 0. The van der Waals surface area contributed by atoms with Gasteiger partial charge in [-0.3, -0.25) is 4.79 Å². The Kier molecular flexibility index (Phi) is 36.1. The van der Waals surface area contributed by atoms with Crippen LogP contribution in [0, 0.1) is 0 Å². The molecule has 0 aromatic heterocycles. The molecule has 45 heavy (non-hydrogen) atoms. The third kappa shape index (κ3) is 35.4. The van der Waals surface area contributed by atoms with E-state index in [0.29, 0.717) is 12.8 Å². The van der Waals surface area contributed by atoms with E-state index < -0.39 is 12.1 Å². The molecule has 0 aromatic rings. The number of carboxylic acid groups (broad SMARTS) is 1. The molecule has 1 unspecified atom stereocenters. The molecule has 0 radical (unpaired) electrons. The highest BCUT2D eigenvalue weighted by Gasteiger charge is 2.21. The topological polar surface area (TPSA) is 63.6 Å². The van der Waals surface area contributed by atoms with Crippen LogP contribution in [-0.4, -0.2) is 23.1 Å². The van der Waals surface area contributed by atoms with Gasteiger partial charge in [-0.25, -0.2) is 4.79 Å². The van der Waals surface area contributed by atoms with Crippen LogP contribution < -0.4 is 0 Å². The molecule has 0 aliphatic carbocycles. The Balaban J connectivity index is 3.49. The molecule has 1 N–H and O–H groups in total. The van der Waals surface area contributed by atoms with Crippen LogP contribution in [-0.2, 0) is 14.3 Å². The summed E-state index contributed by atoms with van der Waals surface area (Å²) in [6.45, 7) is 4.54. The molecule has 0 aliphatic rings. The summed E-state index contributed by atoms with van der Waals surface area (Å²) in [7, 11) is 0. The first kappa shape index (κ1) is 43.7. The largest absolute Gasteiger partial charge is 0.479 e. The molecule has 0 saturated heterocycles. The van der Waals surface area contributed by atoms with Gasteiger partial charge in [0.15, 0.2) is 6.10 Å². The summed E-state index contributed by atoms with van der Waals surface area (Å²) in [6, 6.07) is 0. The van der Waals surface area contributed by atoms with Gasteiger partial charge >= 0.3 is 11.9 Å². The quantitative estimate of drug-likeness (QED) is 0.0419. The fourth-order valence-electron chi connectivity index (χ4n) is 6.20. The molecule has 0 aromatic carbocycles. The number of hydrogen-bond acceptors (Lipinski definition) is 3. The minimum absolute atomic E-state index is 0.342. The maximum Gasteiger partial charge on any atom is 0.345 e. The van der Waals surface area contributed by atoms with Crippen LogP contribution in [0.15, 0.2) is 12.2 Å². The first-order valence-electron chi connectivity index (χ1n) is 20.2. The van der Waals surface area contributed by atoms with Crippen LogP contribution >= 0.6 is 0 Å². The van der Waals surface area contributed by atoms with E-state index in [9.17, 15) is 14.7 Å². The van der Waals surface area contributed by atoms with E-state index in [1.807, 2.05) is 0 Å². The lowest BCUT2D eigenvalue weighted by atomic mass is 10.0. The molecule has 0 rings (SSSR count). The van der Waals surface area contributed by atoms with Crippen molar-refractivity contribution in [2.75, 3.05) is 0 Å². The number of ether oxygens (including phenoxy) is 1. The van der Waals surface area contributed by atoms with Gasteiger partial charge in [-0.15, -0.1) is 0 Å². The second-order valence-electron chi connectivity index (χ2n) is 13.8. The van der Waals surface area contributed by atoms with E-state index in [1.54, 1.807) is 0 Å². The summed E-state index contributed by atoms with van der Waals surface area (Å²) in [6.07, 6.45) is 45.4. The average molecular weight is 635 g/mol. The Morgan fingerprint density at radius 1 is 0.467 bits per heavy atom. The minimum Gasteiger partial charge on any atom is -0.479 e. The van der Waals surface area contributed by atoms with Crippen molar-refractivity contribution >= 4 is 11.9 Å². The van der Waals surface area contributed by atoms with Crippen molar-refractivity contribution in [3.63, 3.8) is 0 Å². The van der Waals surface area contributed by atoms with Crippen LogP contribution in [0.1, 0.15) is 232 Å². The number of aliphatic carboxylic acids is 1. The van der Waals surface area contributed by atoms with Gasteiger partial charge in [0.25, 0.3) is 0 Å². The highest BCUT2D eigenvalue weighted by Crippen LogP contribution is 2.16. The van der Waals surface area contributed by atoms with Crippen LogP contribution in [0.25, 0.3) is 0 Å². The molecule has 0 aliphatic heterocycles. The zero-order valence-electron chi connectivity index (χ0n) is 30.4. The normalized spacial score (nSPS) is 12.2. The number of carboxylic acids is 1. The van der Waals surface area contributed by atoms with Gasteiger partial charge in [0, 0.05) is 6.42 Å². The first-order chi connectivity index (χ1) is 22.1. The number of carbonyl (C=O) groups is 2. The van der Waals surface area contributed by atoms with Gasteiger partial charge in [-0.1, -0.05) is 193 Å². The molecule has 0 fully saturated rings. The van der Waals surface area contributed by atoms with E-state index in [-0.39, 0.29) is 5.97 Å². The van der Waals surface area contributed by atoms with Gasteiger partial charge < -0.3 is 9.84 Å². The molecule has 266 valence electrons. The Morgan fingerprint density at radius 2 is 0.778 bits per heavy atom. The highest BCUT2D eigenvalue weighted by atomic mass is 16.6. The van der Waals surface area contributed by atoms with Crippen molar-refractivity contribution in [3.8, 4) is 0 Å². The lowest BCUT2D eigenvalue weighted by Gasteiger charge is -2.13. The molecule has 1 atom stereocenters. The third-order valence-electron chi connectivity index (χ3n) is 9.26. The lowest BCUT2D eigenvalue weighted by Crippen LogP contribution is -2.27. The van der Waals surface area contributed by atoms with Gasteiger partial charge in [0.2, 0.25) is 0 Å². The summed E-state index contributed by atoms with van der Waals surface area (Å²) in [5.74, 6) is -1.34. The predicted molar refractivity (Wildman–Crippen MR) is 195 cm³/mol. The summed E-state index contributed by atoms with van der Waals surface area (Å²) < 4.78 is 5.32. The summed E-state index contributed by atoms with van der Waals surface area (Å²) in [5.41, 5.74) is 0. The Morgan fingerprint density at radius 3 is 1.13 bits per heavy atom. The number of esters is 1. The second kappa shape index (κ2) is 37.1. The van der Waals surface area contributed by atoms with Gasteiger partial charge in [0.05, 0.1) is 0 Å². The summed E-state index contributed by atoms with van der Waals surface area (Å²) in [4.78, 5) is 23.8. The van der Waals surface area contributed by atoms with Crippen molar-refractivity contribution in [3.05, 3.63) is 12.2 Å². The monoisotopic (exact) mass is 635 g/mol. The van der Waals surface area contributed by atoms with Crippen LogP contribution in [0.4, 0.5) is 0 Å². The van der Waals surface area contributed by atoms with Crippen molar-refractivity contribution in [2.45, 2.75) is 238 Å². The molecule has 0 amide bonds. The van der Waals surface area contributed by atoms with E-state index in [1.165, 1.54) is 167 Å². The highest BCUT2D eigenvalue weighted by molar-refractivity contribution is 5.77. The Hall–Kier alpha value is -1.32. The number of unbranched alkanes of at least 4 members (excludes halogenated alkanes) is 29. The molecule has 4 heteroatoms. The van der Waals surface area contributed by atoms with Crippen LogP contribution in [0.5, 0.6) is 0 Å². The minimum atomic E-state index is -1.00. The van der Waals surface area contributed by atoms with Crippen LogP contribution in [0.3, 0.4) is 0 Å². The smallest absolute Gasteiger partial charge is 0.345 e. The van der Waals surface area contributed by atoms with E-state index >= 15 is 0 Å². The average Bonchev–Trinajstić information content (AvgIpc) is 3.03. The fraction of sp³-hybridized carbons (Fsp3) is 0.902. The molecule has 0 saturated carbocycles. The molecular formula is C41H78O4. The van der Waals surface area contributed by atoms with E-state index in [2.05, 4.69) is 26.0 Å². The lowest BCUT2D eigenvalue weighted by molar-refractivity contribution is -0.164. The maximum atomic E-state index is 12.2. The maximum absolute atomic E-state index is 12.2. The number of carbonyl (C=O) groups excluding carboxylic acids is 1. The number of allylic oxidation sites excluding steroid dienone is 2. The third-order valence-corrected chi connectivity index (χ3v) is 9.26. The van der Waals surface area contributed by atoms with Crippen molar-refractivity contribution in [2.24, 2.45) is 0 Å². The van der Waals surface area contributed by atoms with Gasteiger partial charge in [0.1, 0.15) is 0 Å². The molecule has 0 spiro atoms. The van der Waals surface area contributed by atoms with Crippen molar-refractivity contribution in [1.82, 2.24) is 0 Å². The second-order valence-corrected chi connectivity index (χ2v) is 13.8. The van der Waals surface area contributed by atoms with E-state index in [0.717, 1.165) is 38.5 Å². The Labute approximate surface area is 281 Å². The molecule has 0 heterocycles. The zero-order chi connectivity index (χ0) is 32.9. The van der Waals surface area contributed by atoms with Crippen molar-refractivity contribution in [1.29, 1.82) is 0 Å².